The van der Waals surface area contributed by atoms with Gasteiger partial charge in [0.15, 0.2) is 0 Å². The molecule has 5 nitrogen and oxygen atoms in total. The summed E-state index contributed by atoms with van der Waals surface area (Å²) in [6, 6.07) is 18.6. The second-order valence-corrected chi connectivity index (χ2v) is 6.44. The third kappa shape index (κ3) is 3.89. The van der Waals surface area contributed by atoms with Crippen LogP contribution in [-0.4, -0.2) is 34.6 Å². The Morgan fingerprint density at radius 1 is 1.15 bits per heavy atom. The van der Waals surface area contributed by atoms with Gasteiger partial charge in [-0.3, -0.25) is 9.36 Å². The number of carbonyl (C=O) groups is 1. The number of aryl methyl sites for hydroxylation is 1. The van der Waals surface area contributed by atoms with Crippen molar-refractivity contribution in [1.82, 2.24) is 20.2 Å². The second-order valence-electron chi connectivity index (χ2n) is 6.44. The topological polar surface area (TPSA) is 59.0 Å². The molecule has 0 radical (unpaired) electrons. The molecule has 0 aliphatic carbocycles. The number of hydrogen-bond acceptors (Lipinski definition) is 3. The van der Waals surface area contributed by atoms with Crippen molar-refractivity contribution >= 4 is 29.3 Å². The first-order valence-electron chi connectivity index (χ1n) is 8.83. The van der Waals surface area contributed by atoms with Crippen molar-refractivity contribution in [3.8, 4) is 5.69 Å². The molecule has 0 bridgehead atoms. The Morgan fingerprint density at radius 3 is 2.69 bits per heavy atom. The van der Waals surface area contributed by atoms with Crippen LogP contribution in [0.2, 0.25) is 0 Å². The first kappa shape index (κ1) is 18.4. The summed E-state index contributed by atoms with van der Waals surface area (Å²) in [5, 5.41) is 6.37. The molecule has 1 amide bonds. The van der Waals surface area contributed by atoms with E-state index < -0.39 is 0 Å². The molecule has 1 aromatic heterocycles. The number of rotatable bonds is 5. The van der Waals surface area contributed by atoms with Crippen LogP contribution >= 0.6 is 12.4 Å². The summed E-state index contributed by atoms with van der Waals surface area (Å²) < 4.78 is 2.15. The van der Waals surface area contributed by atoms with Crippen LogP contribution in [0.25, 0.3) is 16.7 Å². The zero-order valence-corrected chi connectivity index (χ0v) is 15.3. The van der Waals surface area contributed by atoms with Crippen molar-refractivity contribution in [3.63, 3.8) is 0 Å². The number of aromatic nitrogens is 2. The molecule has 1 unspecified atom stereocenters. The normalized spacial score (nSPS) is 16.4. The van der Waals surface area contributed by atoms with E-state index in [-0.39, 0.29) is 24.4 Å². The summed E-state index contributed by atoms with van der Waals surface area (Å²) in [6.07, 6.45) is 2.08. The average molecular weight is 371 g/mol. The number of amides is 1. The van der Waals surface area contributed by atoms with E-state index in [9.17, 15) is 4.79 Å². The van der Waals surface area contributed by atoms with Gasteiger partial charge in [0, 0.05) is 31.1 Å². The van der Waals surface area contributed by atoms with Crippen LogP contribution in [0.3, 0.4) is 0 Å². The molecule has 0 spiro atoms. The van der Waals surface area contributed by atoms with Gasteiger partial charge < -0.3 is 10.6 Å². The number of hydrogen-bond donors (Lipinski definition) is 2. The van der Waals surface area contributed by atoms with E-state index in [4.69, 9.17) is 4.98 Å². The van der Waals surface area contributed by atoms with Gasteiger partial charge in [0.05, 0.1) is 11.0 Å². The summed E-state index contributed by atoms with van der Waals surface area (Å²) in [6.45, 7) is 1.85. The molecule has 26 heavy (non-hydrogen) atoms. The van der Waals surface area contributed by atoms with Crippen LogP contribution in [0.4, 0.5) is 0 Å². The number of nitrogens with one attached hydrogen (secondary N) is 2. The molecule has 1 saturated heterocycles. The molecule has 136 valence electrons. The molecule has 1 fully saturated rings. The number of benzene rings is 2. The maximum atomic E-state index is 12.3. The summed E-state index contributed by atoms with van der Waals surface area (Å²) >= 11 is 0. The lowest BCUT2D eigenvalue weighted by Gasteiger charge is -2.12. The summed E-state index contributed by atoms with van der Waals surface area (Å²) in [4.78, 5) is 17.0. The fourth-order valence-electron chi connectivity index (χ4n) is 3.41. The number of para-hydroxylation sites is 3. The Balaban J connectivity index is 0.00000196. The van der Waals surface area contributed by atoms with Crippen LogP contribution in [0.5, 0.6) is 0 Å². The maximum absolute atomic E-state index is 12.3. The lowest BCUT2D eigenvalue weighted by Crippen LogP contribution is -2.36. The third-order valence-electron chi connectivity index (χ3n) is 4.65. The molecule has 4 rings (SSSR count). The Morgan fingerprint density at radius 2 is 1.92 bits per heavy atom. The van der Waals surface area contributed by atoms with Gasteiger partial charge in [-0.05, 0) is 37.2 Å². The summed E-state index contributed by atoms with van der Waals surface area (Å²) in [7, 11) is 0. The standard InChI is InChI=1S/C20H22N4O.ClH/c25-20(22-15-12-13-21-14-15)11-10-19-23-17-8-4-5-9-18(17)24(19)16-6-2-1-3-7-16;/h1-9,15,21H,10-14H2,(H,22,25);1H. The molecule has 0 saturated carbocycles. The van der Waals surface area contributed by atoms with E-state index in [0.717, 1.165) is 42.1 Å². The number of halogens is 1. The number of carbonyl (C=O) groups excluding carboxylic acids is 1. The van der Waals surface area contributed by atoms with Crippen LogP contribution < -0.4 is 10.6 Å². The van der Waals surface area contributed by atoms with E-state index in [2.05, 4.69) is 33.4 Å². The van der Waals surface area contributed by atoms with Crippen LogP contribution in [0, 0.1) is 0 Å². The van der Waals surface area contributed by atoms with Crippen LogP contribution in [0.1, 0.15) is 18.7 Å². The molecule has 6 heteroatoms. The first-order chi connectivity index (χ1) is 12.3. The van der Waals surface area contributed by atoms with Gasteiger partial charge in [0.25, 0.3) is 0 Å². The highest BCUT2D eigenvalue weighted by atomic mass is 35.5. The molecule has 2 N–H and O–H groups in total. The van der Waals surface area contributed by atoms with Gasteiger partial charge in [-0.1, -0.05) is 30.3 Å². The van der Waals surface area contributed by atoms with Gasteiger partial charge in [0.2, 0.25) is 5.91 Å². The van der Waals surface area contributed by atoms with Crippen molar-refractivity contribution in [1.29, 1.82) is 0 Å². The van der Waals surface area contributed by atoms with Crippen molar-refractivity contribution < 1.29 is 4.79 Å². The monoisotopic (exact) mass is 370 g/mol. The SMILES string of the molecule is Cl.O=C(CCc1nc2ccccc2n1-c1ccccc1)NC1CCNC1. The van der Waals surface area contributed by atoms with E-state index >= 15 is 0 Å². The Labute approximate surface area is 159 Å². The fraction of sp³-hybridized carbons (Fsp3) is 0.300. The minimum absolute atomic E-state index is 0. The van der Waals surface area contributed by atoms with E-state index in [0.29, 0.717) is 12.8 Å². The van der Waals surface area contributed by atoms with Gasteiger partial charge in [-0.15, -0.1) is 12.4 Å². The highest BCUT2D eigenvalue weighted by Gasteiger charge is 2.18. The van der Waals surface area contributed by atoms with E-state index in [1.54, 1.807) is 0 Å². The van der Waals surface area contributed by atoms with Crippen molar-refractivity contribution in [2.75, 3.05) is 13.1 Å². The van der Waals surface area contributed by atoms with E-state index in [1.165, 1.54) is 0 Å². The van der Waals surface area contributed by atoms with Crippen LogP contribution in [-0.2, 0) is 11.2 Å². The Kier molecular flexibility index (Phi) is 5.91. The van der Waals surface area contributed by atoms with Crippen molar-refractivity contribution in [2.45, 2.75) is 25.3 Å². The zero-order chi connectivity index (χ0) is 17.1. The highest BCUT2D eigenvalue weighted by molar-refractivity contribution is 5.85. The number of fused-ring (bicyclic) bond motifs is 1. The lowest BCUT2D eigenvalue weighted by molar-refractivity contribution is -0.121. The van der Waals surface area contributed by atoms with Gasteiger partial charge in [0.1, 0.15) is 5.82 Å². The average Bonchev–Trinajstić information content (AvgIpc) is 3.27. The van der Waals surface area contributed by atoms with Crippen molar-refractivity contribution in [2.24, 2.45) is 0 Å². The largest absolute Gasteiger partial charge is 0.352 e. The summed E-state index contributed by atoms with van der Waals surface area (Å²) in [5.41, 5.74) is 3.11. The highest BCUT2D eigenvalue weighted by Crippen LogP contribution is 2.22. The molecule has 1 aliphatic rings. The quantitative estimate of drug-likeness (QED) is 0.726. The fourth-order valence-corrected chi connectivity index (χ4v) is 3.41. The minimum atomic E-state index is 0. The lowest BCUT2D eigenvalue weighted by atomic mass is 10.2. The summed E-state index contributed by atoms with van der Waals surface area (Å²) in [5.74, 6) is 1.02. The molecular weight excluding hydrogens is 348 g/mol. The zero-order valence-electron chi connectivity index (χ0n) is 14.5. The Bertz CT molecular complexity index is 872. The third-order valence-corrected chi connectivity index (χ3v) is 4.65. The molecule has 2 aromatic carbocycles. The smallest absolute Gasteiger partial charge is 0.220 e. The first-order valence-corrected chi connectivity index (χ1v) is 8.83. The van der Waals surface area contributed by atoms with E-state index in [1.807, 2.05) is 36.4 Å². The Hall–Kier alpha value is -2.37. The van der Waals surface area contributed by atoms with Crippen molar-refractivity contribution in [3.05, 3.63) is 60.4 Å². The predicted molar refractivity (Wildman–Crippen MR) is 106 cm³/mol. The molecule has 3 aromatic rings. The number of nitrogens with zero attached hydrogens (tertiary/aromatic N) is 2. The van der Waals surface area contributed by atoms with Gasteiger partial charge >= 0.3 is 0 Å². The molecule has 1 atom stereocenters. The number of imidazole rings is 1. The molecular formula is C20H23ClN4O. The second kappa shape index (κ2) is 8.34. The van der Waals surface area contributed by atoms with Crippen LogP contribution in [0.15, 0.2) is 54.6 Å². The minimum Gasteiger partial charge on any atom is -0.352 e. The van der Waals surface area contributed by atoms with Gasteiger partial charge in [-0.2, -0.15) is 0 Å². The maximum Gasteiger partial charge on any atom is 0.220 e. The molecule has 2 heterocycles. The van der Waals surface area contributed by atoms with Gasteiger partial charge in [-0.25, -0.2) is 4.98 Å². The molecule has 1 aliphatic heterocycles. The predicted octanol–water partition coefficient (Wildman–Crippen LogP) is 2.86.